The zero-order chi connectivity index (χ0) is 26.5. The highest BCUT2D eigenvalue weighted by Gasteiger charge is 2.46. The van der Waals surface area contributed by atoms with Crippen molar-refractivity contribution in [1.29, 1.82) is 0 Å². The number of benzene rings is 2. The molecule has 3 aliphatic rings. The third-order valence-electron chi connectivity index (χ3n) is 9.19. The summed E-state index contributed by atoms with van der Waals surface area (Å²) < 4.78 is 9.14. The summed E-state index contributed by atoms with van der Waals surface area (Å²) in [5.74, 6) is 1.34. The first kappa shape index (κ1) is 25.6. The van der Waals surface area contributed by atoms with Crippen molar-refractivity contribution in [3.05, 3.63) is 66.0 Å². The molecule has 1 aromatic heterocycles. The van der Waals surface area contributed by atoms with Crippen LogP contribution >= 0.6 is 0 Å². The Hall–Kier alpha value is -2.70. The molecule has 2 bridgehead atoms. The van der Waals surface area contributed by atoms with E-state index in [0.29, 0.717) is 37.8 Å². The van der Waals surface area contributed by atoms with Crippen LogP contribution < -0.4 is 0 Å². The summed E-state index contributed by atoms with van der Waals surface area (Å²) in [4.78, 5) is 23.0. The van der Waals surface area contributed by atoms with Crippen LogP contribution in [-0.2, 0) is 15.1 Å². The molecule has 3 aliphatic heterocycles. The standard InChI is InChI=1S/C32H42N4O2/c1-23-33-28-12-8-9-13-29(28)36(23)27-20-25-14-15-26(21-27)35(25)17-16-32(24-10-6-5-7-11-24)22-34(18-19-38-32)30(37)31(2,3)4/h5-13,25-27H,14-22H2,1-4H3/t25-,26?,27?,32?/m1/s1. The Morgan fingerprint density at radius 3 is 2.39 bits per heavy atom. The maximum absolute atomic E-state index is 13.3. The molecular weight excluding hydrogens is 472 g/mol. The van der Waals surface area contributed by atoms with Crippen molar-refractivity contribution in [1.82, 2.24) is 19.4 Å². The van der Waals surface area contributed by atoms with Crippen molar-refractivity contribution in [2.24, 2.45) is 5.41 Å². The second-order valence-corrected chi connectivity index (χ2v) is 12.7. The number of fused-ring (bicyclic) bond motifs is 3. The molecule has 0 saturated carbocycles. The molecule has 38 heavy (non-hydrogen) atoms. The molecule has 3 aromatic rings. The normalized spacial score (nSPS) is 28.2. The van der Waals surface area contributed by atoms with Gasteiger partial charge in [-0.25, -0.2) is 4.98 Å². The van der Waals surface area contributed by atoms with Crippen molar-refractivity contribution in [2.45, 2.75) is 83.5 Å². The van der Waals surface area contributed by atoms with Crippen LogP contribution in [0.25, 0.3) is 11.0 Å². The summed E-state index contributed by atoms with van der Waals surface area (Å²) in [6, 6.07) is 20.8. The van der Waals surface area contributed by atoms with Gasteiger partial charge in [0.05, 0.1) is 24.2 Å². The maximum atomic E-state index is 13.3. The Kier molecular flexibility index (Phi) is 6.59. The van der Waals surface area contributed by atoms with Crippen molar-refractivity contribution in [2.75, 3.05) is 26.2 Å². The van der Waals surface area contributed by atoms with Gasteiger partial charge in [0.15, 0.2) is 0 Å². The van der Waals surface area contributed by atoms with Gasteiger partial charge in [-0.2, -0.15) is 0 Å². The summed E-state index contributed by atoms with van der Waals surface area (Å²) in [5.41, 5.74) is 2.71. The van der Waals surface area contributed by atoms with E-state index in [1.807, 2.05) is 25.7 Å². The molecule has 4 heterocycles. The van der Waals surface area contributed by atoms with Crippen LogP contribution in [0.2, 0.25) is 0 Å². The van der Waals surface area contributed by atoms with E-state index >= 15 is 0 Å². The van der Waals surface area contributed by atoms with Gasteiger partial charge in [-0.05, 0) is 56.7 Å². The fraction of sp³-hybridized carbons (Fsp3) is 0.562. The lowest BCUT2D eigenvalue weighted by Gasteiger charge is -2.47. The summed E-state index contributed by atoms with van der Waals surface area (Å²) in [7, 11) is 0. The predicted molar refractivity (Wildman–Crippen MR) is 151 cm³/mol. The van der Waals surface area contributed by atoms with Gasteiger partial charge in [-0.1, -0.05) is 63.2 Å². The lowest BCUT2D eigenvalue weighted by molar-refractivity contribution is -0.162. The lowest BCUT2D eigenvalue weighted by atomic mass is 9.85. The molecule has 0 spiro atoms. The van der Waals surface area contributed by atoms with Crippen molar-refractivity contribution in [3.8, 4) is 0 Å². The van der Waals surface area contributed by atoms with E-state index in [4.69, 9.17) is 9.72 Å². The minimum atomic E-state index is -0.464. The summed E-state index contributed by atoms with van der Waals surface area (Å²) >= 11 is 0. The number of hydrogen-bond donors (Lipinski definition) is 0. The fourth-order valence-electron chi connectivity index (χ4n) is 7.40. The number of aromatic nitrogens is 2. The van der Waals surface area contributed by atoms with E-state index in [9.17, 15) is 4.79 Å². The predicted octanol–water partition coefficient (Wildman–Crippen LogP) is 5.70. The van der Waals surface area contributed by atoms with Gasteiger partial charge in [0, 0.05) is 36.6 Å². The monoisotopic (exact) mass is 514 g/mol. The van der Waals surface area contributed by atoms with Crippen molar-refractivity contribution >= 4 is 16.9 Å². The molecule has 0 N–H and O–H groups in total. The SMILES string of the molecule is Cc1nc2ccccc2n1C1CC2CC[C@H](C1)N2CCC1(c2ccccc2)CN(C(=O)C(C)(C)C)CCO1. The average molecular weight is 515 g/mol. The lowest BCUT2D eigenvalue weighted by Crippen LogP contribution is -2.55. The largest absolute Gasteiger partial charge is 0.367 e. The molecule has 6 rings (SSSR count). The van der Waals surface area contributed by atoms with E-state index in [2.05, 4.69) is 71.0 Å². The van der Waals surface area contributed by atoms with Gasteiger partial charge in [0.1, 0.15) is 11.4 Å². The molecule has 0 radical (unpaired) electrons. The molecule has 6 heteroatoms. The van der Waals surface area contributed by atoms with Gasteiger partial charge in [-0.15, -0.1) is 0 Å². The Morgan fingerprint density at radius 2 is 1.68 bits per heavy atom. The van der Waals surface area contributed by atoms with Gasteiger partial charge < -0.3 is 14.2 Å². The second-order valence-electron chi connectivity index (χ2n) is 12.7. The maximum Gasteiger partial charge on any atom is 0.228 e. The second kappa shape index (κ2) is 9.80. The van der Waals surface area contributed by atoms with E-state index in [1.165, 1.54) is 36.8 Å². The van der Waals surface area contributed by atoms with Crippen LogP contribution in [0.4, 0.5) is 0 Å². The van der Waals surface area contributed by atoms with E-state index < -0.39 is 11.0 Å². The van der Waals surface area contributed by atoms with Crippen LogP contribution in [0.3, 0.4) is 0 Å². The summed E-state index contributed by atoms with van der Waals surface area (Å²) in [6.45, 7) is 11.1. The third-order valence-corrected chi connectivity index (χ3v) is 9.19. The Labute approximate surface area is 227 Å². The van der Waals surface area contributed by atoms with Crippen LogP contribution in [0.1, 0.15) is 70.3 Å². The van der Waals surface area contributed by atoms with Gasteiger partial charge >= 0.3 is 0 Å². The quantitative estimate of drug-likeness (QED) is 0.438. The Balaban J connectivity index is 1.21. The minimum absolute atomic E-state index is 0.213. The van der Waals surface area contributed by atoms with E-state index in [-0.39, 0.29) is 5.91 Å². The number of carbonyl (C=O) groups excluding carboxylic acids is 1. The Bertz CT molecular complexity index is 1280. The smallest absolute Gasteiger partial charge is 0.228 e. The number of para-hydroxylation sites is 2. The number of nitrogens with zero attached hydrogens (tertiary/aromatic N) is 4. The Morgan fingerprint density at radius 1 is 1.00 bits per heavy atom. The van der Waals surface area contributed by atoms with Gasteiger partial charge in [-0.3, -0.25) is 9.69 Å². The molecule has 4 atom stereocenters. The number of rotatable bonds is 5. The number of morpholine rings is 1. The first-order valence-electron chi connectivity index (χ1n) is 14.4. The van der Waals surface area contributed by atoms with E-state index in [1.54, 1.807) is 0 Å². The number of ether oxygens (including phenoxy) is 1. The fourth-order valence-corrected chi connectivity index (χ4v) is 7.40. The van der Waals surface area contributed by atoms with Crippen molar-refractivity contribution < 1.29 is 9.53 Å². The highest BCUT2D eigenvalue weighted by atomic mass is 16.5. The first-order chi connectivity index (χ1) is 18.2. The zero-order valence-electron chi connectivity index (χ0n) is 23.4. The summed E-state index contributed by atoms with van der Waals surface area (Å²) in [5, 5.41) is 0. The summed E-state index contributed by atoms with van der Waals surface area (Å²) in [6.07, 6.45) is 5.77. The molecule has 0 aliphatic carbocycles. The number of hydrogen-bond acceptors (Lipinski definition) is 4. The van der Waals surface area contributed by atoms with Crippen LogP contribution in [-0.4, -0.2) is 63.6 Å². The topological polar surface area (TPSA) is 50.6 Å². The van der Waals surface area contributed by atoms with Crippen LogP contribution in [0.15, 0.2) is 54.6 Å². The number of carbonyl (C=O) groups is 1. The molecule has 1 amide bonds. The molecule has 6 nitrogen and oxygen atoms in total. The van der Waals surface area contributed by atoms with Crippen LogP contribution in [0, 0.1) is 12.3 Å². The minimum Gasteiger partial charge on any atom is -0.367 e. The third kappa shape index (κ3) is 4.56. The number of piperidine rings is 1. The van der Waals surface area contributed by atoms with Crippen molar-refractivity contribution in [3.63, 3.8) is 0 Å². The number of imidazole rings is 1. The average Bonchev–Trinajstić information content (AvgIpc) is 3.37. The zero-order valence-corrected chi connectivity index (χ0v) is 23.4. The van der Waals surface area contributed by atoms with Gasteiger partial charge in [0.25, 0.3) is 0 Å². The first-order valence-corrected chi connectivity index (χ1v) is 14.4. The number of amides is 1. The molecular formula is C32H42N4O2. The highest BCUT2D eigenvalue weighted by Crippen LogP contribution is 2.44. The van der Waals surface area contributed by atoms with E-state index in [0.717, 1.165) is 24.3 Å². The number of aryl methyl sites for hydroxylation is 1. The molecule has 202 valence electrons. The molecule has 2 aromatic carbocycles. The molecule has 3 saturated heterocycles. The highest BCUT2D eigenvalue weighted by molar-refractivity contribution is 5.81. The van der Waals surface area contributed by atoms with Crippen LogP contribution in [0.5, 0.6) is 0 Å². The van der Waals surface area contributed by atoms with Gasteiger partial charge in [0.2, 0.25) is 5.91 Å². The molecule has 3 fully saturated rings. The molecule has 3 unspecified atom stereocenters.